The van der Waals surface area contributed by atoms with E-state index in [4.69, 9.17) is 0 Å². The van der Waals surface area contributed by atoms with Gasteiger partial charge in [-0.2, -0.15) is 0 Å². The topological polar surface area (TPSA) is 57.7 Å². The average molecular weight is 362 g/mol. The Kier molecular flexibility index (Phi) is 4.52. The Balaban J connectivity index is 1.71. The van der Waals surface area contributed by atoms with Crippen LogP contribution in [0.3, 0.4) is 0 Å². The van der Waals surface area contributed by atoms with Gasteiger partial charge in [-0.25, -0.2) is 0 Å². The minimum atomic E-state index is -0.522. The summed E-state index contributed by atoms with van der Waals surface area (Å²) in [6, 6.07) is 14.2. The molecule has 0 spiro atoms. The van der Waals surface area contributed by atoms with Gasteiger partial charge < -0.3 is 9.80 Å². The van der Waals surface area contributed by atoms with Crippen LogP contribution in [-0.2, 0) is 4.79 Å². The van der Waals surface area contributed by atoms with Gasteiger partial charge in [0.05, 0.1) is 5.69 Å². The number of benzene rings is 2. The molecule has 2 aromatic rings. The molecule has 0 unspecified atom stereocenters. The van der Waals surface area contributed by atoms with Crippen LogP contribution in [0.25, 0.3) is 0 Å². The first kappa shape index (κ1) is 17.5. The molecular weight excluding hydrogens is 340 g/mol. The maximum Gasteiger partial charge on any atom is 0.254 e. The molecular formula is C22H22N2O3. The van der Waals surface area contributed by atoms with E-state index < -0.39 is 6.04 Å². The van der Waals surface area contributed by atoms with Gasteiger partial charge >= 0.3 is 0 Å². The van der Waals surface area contributed by atoms with Crippen molar-refractivity contribution in [2.75, 3.05) is 18.0 Å². The lowest BCUT2D eigenvalue weighted by Crippen LogP contribution is -2.59. The summed E-state index contributed by atoms with van der Waals surface area (Å²) in [6.45, 7) is 2.81. The van der Waals surface area contributed by atoms with Gasteiger partial charge in [0.1, 0.15) is 6.04 Å². The van der Waals surface area contributed by atoms with Crippen molar-refractivity contribution in [3.63, 3.8) is 0 Å². The monoisotopic (exact) mass is 362 g/mol. The van der Waals surface area contributed by atoms with Gasteiger partial charge in [-0.05, 0) is 44.0 Å². The number of ketones is 1. The Morgan fingerprint density at radius 2 is 1.81 bits per heavy atom. The summed E-state index contributed by atoms with van der Waals surface area (Å²) in [6.07, 6.45) is 1.49. The summed E-state index contributed by atoms with van der Waals surface area (Å²) in [5.74, 6) is -0.149. The van der Waals surface area contributed by atoms with Gasteiger partial charge in [0, 0.05) is 30.6 Å². The Morgan fingerprint density at radius 1 is 1.04 bits per heavy atom. The lowest BCUT2D eigenvalue weighted by Gasteiger charge is -2.40. The molecule has 1 saturated heterocycles. The Labute approximate surface area is 158 Å². The van der Waals surface area contributed by atoms with Crippen LogP contribution in [-0.4, -0.2) is 41.6 Å². The number of hydrogen-bond donors (Lipinski definition) is 0. The number of carbonyl (C=O) groups excluding carboxylic acids is 3. The van der Waals surface area contributed by atoms with Gasteiger partial charge in [0.25, 0.3) is 5.91 Å². The molecule has 5 nitrogen and oxygen atoms in total. The van der Waals surface area contributed by atoms with Crippen LogP contribution in [0.15, 0.2) is 48.5 Å². The molecule has 2 aliphatic rings. The van der Waals surface area contributed by atoms with Crippen molar-refractivity contribution in [3.8, 4) is 0 Å². The summed E-state index contributed by atoms with van der Waals surface area (Å²) in [5.41, 5.74) is 2.88. The molecule has 0 aromatic heterocycles. The highest BCUT2D eigenvalue weighted by molar-refractivity contribution is 6.09. The zero-order valence-corrected chi connectivity index (χ0v) is 15.4. The summed E-state index contributed by atoms with van der Waals surface area (Å²) in [5, 5.41) is 0. The normalized spacial score (nSPS) is 19.8. The molecule has 2 amide bonds. The summed E-state index contributed by atoms with van der Waals surface area (Å²) < 4.78 is 0. The van der Waals surface area contributed by atoms with Crippen LogP contribution in [0.1, 0.15) is 45.5 Å². The van der Waals surface area contributed by atoms with Crippen molar-refractivity contribution < 1.29 is 14.4 Å². The molecule has 0 N–H and O–H groups in total. The third-order valence-corrected chi connectivity index (χ3v) is 5.40. The fourth-order valence-corrected chi connectivity index (χ4v) is 3.99. The fraction of sp³-hybridized carbons (Fsp3) is 0.318. The number of Topliss-reactive ketones (excluding diaryl/α,β-unsaturated/α-hetero) is 1. The molecule has 27 heavy (non-hydrogen) atoms. The van der Waals surface area contributed by atoms with Crippen LogP contribution in [0.5, 0.6) is 0 Å². The van der Waals surface area contributed by atoms with E-state index in [2.05, 4.69) is 0 Å². The number of fused-ring (bicyclic) bond motifs is 4. The molecule has 0 saturated carbocycles. The summed E-state index contributed by atoms with van der Waals surface area (Å²) >= 11 is 0. The molecule has 5 heteroatoms. The van der Waals surface area contributed by atoms with Crippen LogP contribution in [0, 0.1) is 6.92 Å². The zero-order valence-electron chi connectivity index (χ0n) is 15.4. The highest BCUT2D eigenvalue weighted by Crippen LogP contribution is 2.31. The highest BCUT2D eigenvalue weighted by atomic mass is 16.2. The third kappa shape index (κ3) is 3.14. The molecule has 4 rings (SSSR count). The standard InChI is InChI=1S/C22H22N2O3/c1-15-10-11-18-17(14-15)20(25)9-5-8-19-22(27)23(18)12-13-24(19)21(26)16-6-3-2-4-7-16/h2-4,6-7,10-11,14,19H,5,8-9,12-13H2,1H3/t19-/m1/s1. The number of piperazine rings is 1. The van der Waals surface area contributed by atoms with Crippen molar-refractivity contribution in [1.82, 2.24) is 4.90 Å². The van der Waals surface area contributed by atoms with E-state index in [9.17, 15) is 14.4 Å². The summed E-state index contributed by atoms with van der Waals surface area (Å²) in [7, 11) is 0. The lowest BCUT2D eigenvalue weighted by atomic mass is 10.0. The number of nitrogens with zero attached hydrogens (tertiary/aromatic N) is 2. The molecule has 2 heterocycles. The fourth-order valence-electron chi connectivity index (χ4n) is 3.99. The number of aryl methyl sites for hydroxylation is 1. The van der Waals surface area contributed by atoms with E-state index in [1.165, 1.54) is 0 Å². The number of carbonyl (C=O) groups is 3. The van der Waals surface area contributed by atoms with E-state index in [0.29, 0.717) is 49.2 Å². The lowest BCUT2D eigenvalue weighted by molar-refractivity contribution is -0.125. The molecule has 138 valence electrons. The second-order valence-corrected chi connectivity index (χ2v) is 7.21. The van der Waals surface area contributed by atoms with E-state index in [1.54, 1.807) is 21.9 Å². The highest BCUT2D eigenvalue weighted by Gasteiger charge is 2.39. The predicted octanol–water partition coefficient (Wildman–Crippen LogP) is 3.22. The molecule has 1 fully saturated rings. The minimum Gasteiger partial charge on any atom is -0.325 e. The SMILES string of the molecule is Cc1ccc2c(c1)C(=O)CCC[C@@H]1C(=O)N2CCN1C(=O)c1ccccc1. The first-order valence-corrected chi connectivity index (χ1v) is 9.37. The number of rotatable bonds is 1. The second kappa shape index (κ2) is 6.99. The Hall–Kier alpha value is -2.95. The van der Waals surface area contributed by atoms with Crippen molar-refractivity contribution >= 4 is 23.3 Å². The van der Waals surface area contributed by atoms with Crippen molar-refractivity contribution in [2.45, 2.75) is 32.2 Å². The van der Waals surface area contributed by atoms with Crippen LogP contribution in [0.4, 0.5) is 5.69 Å². The number of hydrogen-bond acceptors (Lipinski definition) is 3. The molecule has 2 aliphatic heterocycles. The van der Waals surface area contributed by atoms with Gasteiger partial charge in [-0.1, -0.05) is 29.8 Å². The number of anilines is 1. The van der Waals surface area contributed by atoms with Crippen LogP contribution < -0.4 is 4.90 Å². The van der Waals surface area contributed by atoms with E-state index in [-0.39, 0.29) is 17.6 Å². The quantitative estimate of drug-likeness (QED) is 0.783. The molecule has 0 aliphatic carbocycles. The molecule has 2 aromatic carbocycles. The zero-order chi connectivity index (χ0) is 19.0. The van der Waals surface area contributed by atoms with Gasteiger partial charge in [-0.3, -0.25) is 14.4 Å². The molecule has 0 radical (unpaired) electrons. The molecule has 2 bridgehead atoms. The number of amides is 2. The van der Waals surface area contributed by atoms with Crippen LogP contribution >= 0.6 is 0 Å². The van der Waals surface area contributed by atoms with Crippen LogP contribution in [0.2, 0.25) is 0 Å². The largest absolute Gasteiger partial charge is 0.325 e. The summed E-state index contributed by atoms with van der Waals surface area (Å²) in [4.78, 5) is 42.3. The predicted molar refractivity (Wildman–Crippen MR) is 103 cm³/mol. The van der Waals surface area contributed by atoms with Crippen molar-refractivity contribution in [1.29, 1.82) is 0 Å². The molecule has 1 atom stereocenters. The van der Waals surface area contributed by atoms with Gasteiger partial charge in [0.15, 0.2) is 5.78 Å². The van der Waals surface area contributed by atoms with E-state index >= 15 is 0 Å². The van der Waals surface area contributed by atoms with Crippen molar-refractivity contribution in [2.24, 2.45) is 0 Å². The smallest absolute Gasteiger partial charge is 0.254 e. The Bertz CT molecular complexity index is 907. The average Bonchev–Trinajstić information content (AvgIpc) is 2.71. The maximum atomic E-state index is 13.3. The van der Waals surface area contributed by atoms with E-state index in [1.807, 2.05) is 43.3 Å². The minimum absolute atomic E-state index is 0.0648. The Morgan fingerprint density at radius 3 is 2.59 bits per heavy atom. The van der Waals surface area contributed by atoms with E-state index in [0.717, 1.165) is 5.56 Å². The first-order valence-electron chi connectivity index (χ1n) is 9.37. The maximum absolute atomic E-state index is 13.3. The first-order chi connectivity index (χ1) is 13.1. The van der Waals surface area contributed by atoms with Gasteiger partial charge in [0.2, 0.25) is 5.91 Å². The second-order valence-electron chi connectivity index (χ2n) is 7.21. The van der Waals surface area contributed by atoms with Gasteiger partial charge in [-0.15, -0.1) is 0 Å². The third-order valence-electron chi connectivity index (χ3n) is 5.40. The van der Waals surface area contributed by atoms with Crippen molar-refractivity contribution in [3.05, 3.63) is 65.2 Å².